The molecular weight excluding hydrogens is 604 g/mol. The van der Waals surface area contributed by atoms with Gasteiger partial charge >= 0.3 is 0 Å². The van der Waals surface area contributed by atoms with Crippen molar-refractivity contribution in [3.63, 3.8) is 0 Å². The second kappa shape index (κ2) is 10.5. The van der Waals surface area contributed by atoms with E-state index in [1.807, 2.05) is 72.8 Å². The lowest BCUT2D eigenvalue weighted by atomic mass is 9.96. The molecule has 3 heterocycles. The fraction of sp³-hybridized carbons (Fsp3) is 0. The van der Waals surface area contributed by atoms with Crippen molar-refractivity contribution in [2.75, 3.05) is 0 Å². The summed E-state index contributed by atoms with van der Waals surface area (Å²) in [5.74, 6) is 1.16. The van der Waals surface area contributed by atoms with Gasteiger partial charge in [-0.25, -0.2) is 9.97 Å². The number of nitrogens with zero attached hydrogens (tertiary/aromatic N) is 4. The van der Waals surface area contributed by atoms with Crippen molar-refractivity contribution in [2.45, 2.75) is 0 Å². The zero-order chi connectivity index (χ0) is 32.5. The van der Waals surface area contributed by atoms with E-state index in [1.54, 1.807) is 0 Å². The molecule has 6 heteroatoms. The minimum Gasteiger partial charge on any atom is -0.436 e. The van der Waals surface area contributed by atoms with E-state index in [1.165, 1.54) is 0 Å². The van der Waals surface area contributed by atoms with Gasteiger partial charge in [-0.2, -0.15) is 5.26 Å². The molecule has 0 spiro atoms. The second-order valence-corrected chi connectivity index (χ2v) is 12.1. The number of benzene rings is 7. The molecule has 0 radical (unpaired) electrons. The Kier molecular flexibility index (Phi) is 5.84. The minimum absolute atomic E-state index is 0.580. The van der Waals surface area contributed by atoms with Gasteiger partial charge in [0, 0.05) is 27.3 Å². The van der Waals surface area contributed by atoms with Gasteiger partial charge in [-0.3, -0.25) is 0 Å². The summed E-state index contributed by atoms with van der Waals surface area (Å²) in [4.78, 5) is 9.60. The molecule has 49 heavy (non-hydrogen) atoms. The van der Waals surface area contributed by atoms with Crippen LogP contribution in [0.1, 0.15) is 5.56 Å². The van der Waals surface area contributed by atoms with Crippen molar-refractivity contribution in [2.24, 2.45) is 0 Å². The highest BCUT2D eigenvalue weighted by molar-refractivity contribution is 6.13. The number of hydrogen-bond donors (Lipinski definition) is 0. The average molecular weight is 629 g/mol. The van der Waals surface area contributed by atoms with Gasteiger partial charge in [0.1, 0.15) is 11.0 Å². The Morgan fingerprint density at radius 2 is 1.02 bits per heavy atom. The van der Waals surface area contributed by atoms with E-state index in [-0.39, 0.29) is 0 Å². The van der Waals surface area contributed by atoms with Crippen molar-refractivity contribution in [3.05, 3.63) is 151 Å². The Labute approximate surface area is 279 Å². The molecular formula is C43H24N4O2. The molecule has 0 atom stereocenters. The molecule has 0 fully saturated rings. The summed E-state index contributed by atoms with van der Waals surface area (Å²) >= 11 is 0. The predicted octanol–water partition coefficient (Wildman–Crippen LogP) is 11.1. The molecule has 0 unspecified atom stereocenters. The van der Waals surface area contributed by atoms with Gasteiger partial charge in [-0.05, 0) is 95.4 Å². The first-order valence-corrected chi connectivity index (χ1v) is 16.0. The van der Waals surface area contributed by atoms with Crippen LogP contribution in [0.25, 0.3) is 94.5 Å². The maximum Gasteiger partial charge on any atom is 0.227 e. The summed E-state index contributed by atoms with van der Waals surface area (Å²) in [6.45, 7) is 0. The number of oxazole rings is 2. The summed E-state index contributed by atoms with van der Waals surface area (Å²) in [5.41, 5.74) is 11.0. The predicted molar refractivity (Wildman–Crippen MR) is 194 cm³/mol. The van der Waals surface area contributed by atoms with Crippen LogP contribution < -0.4 is 0 Å². The molecule has 10 rings (SSSR count). The van der Waals surface area contributed by atoms with E-state index in [2.05, 4.69) is 83.4 Å². The van der Waals surface area contributed by atoms with Gasteiger partial charge in [-0.15, -0.1) is 0 Å². The quantitative estimate of drug-likeness (QED) is 0.194. The molecule has 7 aromatic carbocycles. The van der Waals surface area contributed by atoms with E-state index >= 15 is 0 Å². The van der Waals surface area contributed by atoms with E-state index in [9.17, 15) is 5.26 Å². The molecule has 0 amide bonds. The maximum absolute atomic E-state index is 9.35. The molecule has 0 aliphatic carbocycles. The van der Waals surface area contributed by atoms with Gasteiger partial charge in [0.15, 0.2) is 11.2 Å². The van der Waals surface area contributed by atoms with Crippen molar-refractivity contribution in [3.8, 4) is 45.8 Å². The molecule has 0 aliphatic heterocycles. The first kappa shape index (κ1) is 27.2. The number of para-hydroxylation sites is 4. The normalized spacial score (nSPS) is 11.7. The van der Waals surface area contributed by atoms with Gasteiger partial charge in [0.05, 0.1) is 28.4 Å². The Morgan fingerprint density at radius 3 is 1.59 bits per heavy atom. The van der Waals surface area contributed by atoms with Crippen LogP contribution in [0.5, 0.6) is 0 Å². The Hall–Kier alpha value is -6.97. The van der Waals surface area contributed by atoms with Gasteiger partial charge in [0.25, 0.3) is 0 Å². The zero-order valence-electron chi connectivity index (χ0n) is 26.0. The third-order valence-electron chi connectivity index (χ3n) is 9.31. The molecule has 3 aromatic heterocycles. The monoisotopic (exact) mass is 628 g/mol. The molecule has 0 N–H and O–H groups in total. The molecule has 0 bridgehead atoms. The lowest BCUT2D eigenvalue weighted by Gasteiger charge is -2.15. The van der Waals surface area contributed by atoms with E-state index < -0.39 is 0 Å². The van der Waals surface area contributed by atoms with Crippen LogP contribution in [0.3, 0.4) is 0 Å². The van der Waals surface area contributed by atoms with Crippen molar-refractivity contribution >= 4 is 54.8 Å². The topological polar surface area (TPSA) is 80.8 Å². The fourth-order valence-electron chi connectivity index (χ4n) is 6.99. The molecule has 10 aromatic rings. The van der Waals surface area contributed by atoms with Crippen LogP contribution in [-0.2, 0) is 0 Å². The summed E-state index contributed by atoms with van der Waals surface area (Å²) in [6, 6.07) is 51.3. The third kappa shape index (κ3) is 4.27. The average Bonchev–Trinajstić information content (AvgIpc) is 3.88. The Balaban J connectivity index is 1.23. The van der Waals surface area contributed by atoms with Gasteiger partial charge in [0.2, 0.25) is 11.8 Å². The number of nitriles is 1. The maximum atomic E-state index is 9.35. The molecule has 228 valence electrons. The number of rotatable bonds is 4. The second-order valence-electron chi connectivity index (χ2n) is 12.1. The highest BCUT2D eigenvalue weighted by Gasteiger charge is 2.19. The van der Waals surface area contributed by atoms with Crippen LogP contribution in [0.4, 0.5) is 0 Å². The standard InChI is InChI=1S/C43H24N4O2/c44-25-26-13-15-27(16-14-26)30-19-22-37(32-8-2-1-7-31(30)32)47-38-20-17-28(42-45-35-9-3-5-11-40(35)48-42)23-33(38)34-24-29(18-21-39(34)47)43-46-36-10-4-6-12-41(36)49-43/h1-24H. The van der Waals surface area contributed by atoms with Crippen LogP contribution in [0.15, 0.2) is 154 Å². The SMILES string of the molecule is N#Cc1ccc(-c2ccc(-n3c4ccc(-c5nc6ccccc6o5)cc4c4cc(-c5nc6ccccc6o5)ccc43)c3ccccc23)cc1. The number of aromatic nitrogens is 3. The first-order valence-electron chi connectivity index (χ1n) is 16.0. The molecule has 0 saturated carbocycles. The van der Waals surface area contributed by atoms with Crippen LogP contribution >= 0.6 is 0 Å². The van der Waals surface area contributed by atoms with Crippen LogP contribution in [-0.4, -0.2) is 14.5 Å². The van der Waals surface area contributed by atoms with Gasteiger partial charge < -0.3 is 13.4 Å². The van der Waals surface area contributed by atoms with Crippen LogP contribution in [0, 0.1) is 11.3 Å². The fourth-order valence-corrected chi connectivity index (χ4v) is 6.99. The summed E-state index contributed by atoms with van der Waals surface area (Å²) < 4.78 is 14.7. The number of fused-ring (bicyclic) bond motifs is 6. The number of hydrogen-bond acceptors (Lipinski definition) is 5. The zero-order valence-corrected chi connectivity index (χ0v) is 26.0. The van der Waals surface area contributed by atoms with Gasteiger partial charge in [-0.1, -0.05) is 66.7 Å². The van der Waals surface area contributed by atoms with Crippen LogP contribution in [0.2, 0.25) is 0 Å². The molecule has 6 nitrogen and oxygen atoms in total. The lowest BCUT2D eigenvalue weighted by molar-refractivity contribution is 0.619. The van der Waals surface area contributed by atoms with Crippen molar-refractivity contribution < 1.29 is 8.83 Å². The molecule has 0 aliphatic rings. The largest absolute Gasteiger partial charge is 0.436 e. The van der Waals surface area contributed by atoms with E-state index in [4.69, 9.17) is 18.8 Å². The Bertz CT molecular complexity index is 2760. The first-order chi connectivity index (χ1) is 24.2. The summed E-state index contributed by atoms with van der Waals surface area (Å²) in [7, 11) is 0. The highest BCUT2D eigenvalue weighted by atomic mass is 16.4. The lowest BCUT2D eigenvalue weighted by Crippen LogP contribution is -1.96. The van der Waals surface area contributed by atoms with Crippen molar-refractivity contribution in [1.82, 2.24) is 14.5 Å². The summed E-state index contributed by atoms with van der Waals surface area (Å²) in [6.07, 6.45) is 0. The Morgan fingerprint density at radius 1 is 0.490 bits per heavy atom. The van der Waals surface area contributed by atoms with E-state index in [0.29, 0.717) is 17.3 Å². The van der Waals surface area contributed by atoms with Crippen molar-refractivity contribution in [1.29, 1.82) is 5.26 Å². The highest BCUT2D eigenvalue weighted by Crippen LogP contribution is 2.41. The smallest absolute Gasteiger partial charge is 0.227 e. The molecule has 0 saturated heterocycles. The van der Waals surface area contributed by atoms with E-state index in [0.717, 1.165) is 82.7 Å². The minimum atomic E-state index is 0.580. The summed E-state index contributed by atoms with van der Waals surface area (Å²) in [5, 5.41) is 13.7. The third-order valence-corrected chi connectivity index (χ3v) is 9.31.